The first-order valence-electron chi connectivity index (χ1n) is 14.1. The Morgan fingerprint density at radius 2 is 1.81 bits per heavy atom. The lowest BCUT2D eigenvalue weighted by Gasteiger charge is -2.18. The molecule has 1 heterocycles. The molecule has 226 valence electrons. The van der Waals surface area contributed by atoms with Crippen molar-refractivity contribution in [2.75, 3.05) is 20.3 Å². The number of esters is 1. The number of aryl methyl sites for hydroxylation is 1. The molecule has 1 aromatic heterocycles. The van der Waals surface area contributed by atoms with E-state index in [4.69, 9.17) is 23.9 Å². The Balaban J connectivity index is 1.85. The molecule has 10 heteroatoms. The van der Waals surface area contributed by atoms with Crippen LogP contribution in [0.15, 0.2) is 58.4 Å². The summed E-state index contributed by atoms with van der Waals surface area (Å²) >= 11 is 2.11. The maximum absolute atomic E-state index is 13.8. The Labute approximate surface area is 265 Å². The highest BCUT2D eigenvalue weighted by Gasteiger charge is 2.21. The van der Waals surface area contributed by atoms with Gasteiger partial charge in [0.15, 0.2) is 23.4 Å². The number of nitrogens with zero attached hydrogens (tertiary/aromatic N) is 3. The predicted molar refractivity (Wildman–Crippen MR) is 177 cm³/mol. The molecule has 0 amide bonds. The van der Waals surface area contributed by atoms with E-state index in [1.165, 1.54) is 11.8 Å². The standard InChI is InChI=1S/C33H36IN3O6/c1-8-41-28-14-20(5)25(17-24(28)19(3)4)31-36-27-13-11-10-12-23(27)32(38)37(31)35-18-22-15-26(34)30(29(16-22)40-7)43-21(6)33(39)42-9-2/h10-19,21H,8-9H2,1-7H3/t21-/m1/s1. The first-order chi connectivity index (χ1) is 20.6. The molecular weight excluding hydrogens is 661 g/mol. The summed E-state index contributed by atoms with van der Waals surface area (Å²) in [5.41, 5.74) is 3.67. The smallest absolute Gasteiger partial charge is 0.347 e. The minimum atomic E-state index is -0.820. The van der Waals surface area contributed by atoms with Gasteiger partial charge in [-0.05, 0) is 109 Å². The van der Waals surface area contributed by atoms with E-state index in [2.05, 4.69) is 41.5 Å². The van der Waals surface area contributed by atoms with Crippen molar-refractivity contribution in [1.82, 2.24) is 9.66 Å². The van der Waals surface area contributed by atoms with E-state index in [0.29, 0.717) is 44.0 Å². The lowest BCUT2D eigenvalue weighted by atomic mass is 9.96. The number of carbonyl (C=O) groups is 1. The second-order valence-corrected chi connectivity index (χ2v) is 11.3. The minimum Gasteiger partial charge on any atom is -0.494 e. The molecule has 0 saturated carbocycles. The molecule has 0 aliphatic rings. The maximum Gasteiger partial charge on any atom is 0.347 e. The quantitative estimate of drug-likeness (QED) is 0.0975. The van der Waals surface area contributed by atoms with Gasteiger partial charge >= 0.3 is 5.97 Å². The lowest BCUT2D eigenvalue weighted by molar-refractivity contribution is -0.150. The van der Waals surface area contributed by atoms with Crippen LogP contribution in [-0.2, 0) is 9.53 Å². The highest BCUT2D eigenvalue weighted by atomic mass is 127. The number of ether oxygens (including phenoxy) is 4. The Bertz CT molecular complexity index is 1730. The van der Waals surface area contributed by atoms with Crippen molar-refractivity contribution >= 4 is 45.7 Å². The molecule has 0 spiro atoms. The number of methoxy groups -OCH3 is 1. The summed E-state index contributed by atoms with van der Waals surface area (Å²) in [6.07, 6.45) is 0.762. The van der Waals surface area contributed by atoms with E-state index in [1.807, 2.05) is 44.2 Å². The summed E-state index contributed by atoms with van der Waals surface area (Å²) in [6, 6.07) is 14.8. The van der Waals surface area contributed by atoms with Crippen molar-refractivity contribution in [3.8, 4) is 28.6 Å². The van der Waals surface area contributed by atoms with Gasteiger partial charge in [0.1, 0.15) is 5.75 Å². The highest BCUT2D eigenvalue weighted by molar-refractivity contribution is 14.1. The number of carbonyl (C=O) groups excluding carboxylic acids is 1. The molecule has 0 saturated heterocycles. The zero-order valence-corrected chi connectivity index (χ0v) is 27.6. The molecule has 4 aromatic rings. The second-order valence-electron chi connectivity index (χ2n) is 10.2. The highest BCUT2D eigenvalue weighted by Crippen LogP contribution is 2.36. The second kappa shape index (κ2) is 14.0. The molecular formula is C33H36IN3O6. The van der Waals surface area contributed by atoms with Crippen LogP contribution in [-0.4, -0.2) is 48.3 Å². The summed E-state index contributed by atoms with van der Waals surface area (Å²) in [6.45, 7) is 12.3. The average Bonchev–Trinajstić information content (AvgIpc) is 2.98. The third-order valence-electron chi connectivity index (χ3n) is 6.76. The number of para-hydroxylation sites is 1. The van der Waals surface area contributed by atoms with Crippen LogP contribution >= 0.6 is 22.6 Å². The van der Waals surface area contributed by atoms with Gasteiger partial charge in [-0.3, -0.25) is 4.79 Å². The minimum absolute atomic E-state index is 0.187. The van der Waals surface area contributed by atoms with Crippen LogP contribution in [0.1, 0.15) is 57.2 Å². The topological polar surface area (TPSA) is 101 Å². The number of fused-ring (bicyclic) bond motifs is 1. The third kappa shape index (κ3) is 7.01. The molecule has 1 atom stereocenters. The first kappa shape index (κ1) is 32.0. The molecule has 0 N–H and O–H groups in total. The van der Waals surface area contributed by atoms with Gasteiger partial charge in [-0.2, -0.15) is 9.78 Å². The third-order valence-corrected chi connectivity index (χ3v) is 7.56. The molecule has 0 radical (unpaired) electrons. The molecule has 0 bridgehead atoms. The number of hydrogen-bond acceptors (Lipinski definition) is 8. The molecule has 0 unspecified atom stereocenters. The molecule has 43 heavy (non-hydrogen) atoms. The number of hydrogen-bond donors (Lipinski definition) is 0. The number of benzene rings is 3. The molecule has 3 aromatic carbocycles. The van der Waals surface area contributed by atoms with Crippen molar-refractivity contribution in [3.63, 3.8) is 0 Å². The Morgan fingerprint density at radius 3 is 2.49 bits per heavy atom. The van der Waals surface area contributed by atoms with Crippen LogP contribution in [0.2, 0.25) is 0 Å². The molecule has 4 rings (SSSR count). The Morgan fingerprint density at radius 1 is 1.07 bits per heavy atom. The fourth-order valence-electron chi connectivity index (χ4n) is 4.61. The van der Waals surface area contributed by atoms with Gasteiger partial charge in [0.25, 0.3) is 5.56 Å². The zero-order chi connectivity index (χ0) is 31.3. The SMILES string of the molecule is CCOC(=O)[C@@H](C)Oc1c(I)cc(C=Nn2c(-c3cc(C(C)C)c(OCC)cc3C)nc3ccccc3c2=O)cc1OC. The van der Waals surface area contributed by atoms with Gasteiger partial charge in [-0.25, -0.2) is 9.78 Å². The summed E-state index contributed by atoms with van der Waals surface area (Å²) in [5.74, 6) is 1.79. The van der Waals surface area contributed by atoms with Gasteiger partial charge in [0.05, 0.1) is 41.0 Å². The van der Waals surface area contributed by atoms with E-state index in [1.54, 1.807) is 38.3 Å². The van der Waals surface area contributed by atoms with E-state index in [0.717, 1.165) is 22.4 Å². The van der Waals surface area contributed by atoms with Gasteiger partial charge in [0.2, 0.25) is 0 Å². The Hall–Kier alpha value is -3.93. The van der Waals surface area contributed by atoms with Gasteiger partial charge in [-0.1, -0.05) is 26.0 Å². The Kier molecular flexibility index (Phi) is 10.4. The molecule has 0 fully saturated rings. The van der Waals surface area contributed by atoms with Crippen molar-refractivity contribution < 1.29 is 23.7 Å². The summed E-state index contributed by atoms with van der Waals surface area (Å²) in [7, 11) is 1.52. The largest absolute Gasteiger partial charge is 0.494 e. The van der Waals surface area contributed by atoms with E-state index < -0.39 is 12.1 Å². The van der Waals surface area contributed by atoms with Crippen LogP contribution in [0, 0.1) is 10.5 Å². The summed E-state index contributed by atoms with van der Waals surface area (Å²) in [4.78, 5) is 30.9. The van der Waals surface area contributed by atoms with E-state index in [-0.39, 0.29) is 18.1 Å². The van der Waals surface area contributed by atoms with Gasteiger partial charge in [-0.15, -0.1) is 0 Å². The van der Waals surface area contributed by atoms with Crippen molar-refractivity contribution in [2.24, 2.45) is 5.10 Å². The predicted octanol–water partition coefficient (Wildman–Crippen LogP) is 6.72. The maximum atomic E-state index is 13.8. The first-order valence-corrected chi connectivity index (χ1v) is 15.2. The number of rotatable bonds is 11. The van der Waals surface area contributed by atoms with E-state index in [9.17, 15) is 9.59 Å². The lowest BCUT2D eigenvalue weighted by Crippen LogP contribution is -2.26. The van der Waals surface area contributed by atoms with Gasteiger partial charge < -0.3 is 18.9 Å². The summed E-state index contributed by atoms with van der Waals surface area (Å²) in [5, 5.41) is 5.11. The monoisotopic (exact) mass is 697 g/mol. The van der Waals surface area contributed by atoms with Crippen molar-refractivity contribution in [3.05, 3.63) is 79.1 Å². The van der Waals surface area contributed by atoms with E-state index >= 15 is 0 Å². The average molecular weight is 698 g/mol. The van der Waals surface area contributed by atoms with Crippen LogP contribution in [0.4, 0.5) is 0 Å². The van der Waals surface area contributed by atoms with Crippen LogP contribution in [0.5, 0.6) is 17.2 Å². The van der Waals surface area contributed by atoms with Crippen molar-refractivity contribution in [2.45, 2.75) is 53.6 Å². The fraction of sp³-hybridized carbons (Fsp3) is 0.333. The molecule has 9 nitrogen and oxygen atoms in total. The van der Waals surface area contributed by atoms with Crippen LogP contribution in [0.25, 0.3) is 22.3 Å². The normalized spacial score (nSPS) is 12.1. The zero-order valence-electron chi connectivity index (χ0n) is 25.4. The van der Waals surface area contributed by atoms with Crippen LogP contribution in [0.3, 0.4) is 0 Å². The van der Waals surface area contributed by atoms with Crippen molar-refractivity contribution in [1.29, 1.82) is 0 Å². The number of aromatic nitrogens is 2. The molecule has 0 aliphatic carbocycles. The number of halogens is 1. The molecule has 0 aliphatic heterocycles. The fourth-order valence-corrected chi connectivity index (χ4v) is 5.37. The van der Waals surface area contributed by atoms with Crippen LogP contribution < -0.4 is 19.8 Å². The van der Waals surface area contributed by atoms with Gasteiger partial charge in [0, 0.05) is 5.56 Å². The summed E-state index contributed by atoms with van der Waals surface area (Å²) < 4.78 is 24.5.